The summed E-state index contributed by atoms with van der Waals surface area (Å²) in [4.78, 5) is 12.3. The van der Waals surface area contributed by atoms with Crippen molar-refractivity contribution in [3.63, 3.8) is 0 Å². The van der Waals surface area contributed by atoms with Crippen molar-refractivity contribution >= 4 is 27.6 Å². The van der Waals surface area contributed by atoms with Gasteiger partial charge in [0, 0.05) is 0 Å². The zero-order valence-corrected chi connectivity index (χ0v) is 14.5. The summed E-state index contributed by atoms with van der Waals surface area (Å²) < 4.78 is 66.0. The van der Waals surface area contributed by atoms with Crippen LogP contribution in [0.2, 0.25) is 0 Å². The second kappa shape index (κ2) is 5.75. The first-order valence-electron chi connectivity index (χ1n) is 6.06. The Kier molecular flexibility index (Phi) is 4.55. The zero-order chi connectivity index (χ0) is 17.4. The molecule has 4 radical (unpaired) electrons. The molecule has 0 aliphatic carbocycles. The molecule has 0 aromatic heterocycles. The summed E-state index contributed by atoms with van der Waals surface area (Å²) in [6.45, 7) is 0. The maximum atomic E-state index is 12.8. The first-order chi connectivity index (χ1) is 10.5. The van der Waals surface area contributed by atoms with E-state index >= 15 is 0 Å². The summed E-state index contributed by atoms with van der Waals surface area (Å²) in [6.07, 6.45) is 0. The fourth-order valence-corrected chi connectivity index (χ4v) is 11.8. The molecule has 2 rings (SSSR count). The van der Waals surface area contributed by atoms with Crippen LogP contribution in [0.4, 0.5) is 13.2 Å². The summed E-state index contributed by atoms with van der Waals surface area (Å²) in [6, 6.07) is 14.6. The average Bonchev–Trinajstić information content (AvgIpc) is 2.47. The Morgan fingerprint density at radius 2 is 1.17 bits per heavy atom. The molecule has 0 atom stereocenters. The van der Waals surface area contributed by atoms with E-state index in [9.17, 15) is 21.6 Å². The van der Waals surface area contributed by atoms with Gasteiger partial charge >= 0.3 is 135 Å². The molecule has 2 aromatic rings. The molecule has 0 aliphatic rings. The van der Waals surface area contributed by atoms with Crippen LogP contribution in [-0.4, -0.2) is 13.9 Å². The number of benzene rings is 2. The summed E-state index contributed by atoms with van der Waals surface area (Å²) in [7, 11) is -5.98. The zero-order valence-electron chi connectivity index (χ0n) is 11.6. The monoisotopic (exact) mass is 456 g/mol. The van der Waals surface area contributed by atoms with Gasteiger partial charge in [0.2, 0.25) is 0 Å². The van der Waals surface area contributed by atoms with Crippen LogP contribution in [0, 0.1) is 17.0 Å². The van der Waals surface area contributed by atoms with Crippen molar-refractivity contribution in [1.29, 1.82) is 0 Å². The first kappa shape index (κ1) is 18.2. The summed E-state index contributed by atoms with van der Waals surface area (Å²) in [5, 5.41) is 0. The van der Waals surface area contributed by atoms with Gasteiger partial charge < -0.3 is 0 Å². The second-order valence-corrected chi connectivity index (χ2v) is 15.3. The molecule has 8 heteroatoms. The predicted molar refractivity (Wildman–Crippen MR) is 89.0 cm³/mol. The summed E-state index contributed by atoms with van der Waals surface area (Å²) in [5.41, 5.74) is -5.63. The molecule has 124 valence electrons. The van der Waals surface area contributed by atoms with Crippen LogP contribution in [0.3, 0.4) is 0 Å². The standard InChI is InChI=1S/C15H12F3IO3S/c1-19(2,13-9-5-3-6-10-13,14-11-7-4-8-12-14)22-23(20,21)15(16,17)18/h1-12H. The van der Waals surface area contributed by atoms with Crippen molar-refractivity contribution in [2.24, 2.45) is 0 Å². The number of hydrogen-bond acceptors (Lipinski definition) is 3. The molecule has 0 amide bonds. The Balaban J connectivity index is 2.73. The number of alkyl halides is 3. The molecular formula is C15H12F3IO3S. The number of hydrogen-bond donors (Lipinski definition) is 0. The Hall–Kier alpha value is -1.13. The molecule has 0 N–H and O–H groups in total. The van der Waals surface area contributed by atoms with Crippen LogP contribution < -0.4 is 0 Å². The van der Waals surface area contributed by atoms with E-state index in [-0.39, 0.29) is 7.14 Å². The molecule has 23 heavy (non-hydrogen) atoms. The van der Waals surface area contributed by atoms with Gasteiger partial charge in [0.15, 0.2) is 0 Å². The van der Waals surface area contributed by atoms with Crippen molar-refractivity contribution < 1.29 is 24.1 Å². The second-order valence-electron chi connectivity index (χ2n) is 4.54. The molecule has 0 saturated carbocycles. The third kappa shape index (κ3) is 3.38. The van der Waals surface area contributed by atoms with E-state index in [2.05, 4.69) is 2.51 Å². The molecule has 0 heterocycles. The van der Waals surface area contributed by atoms with Crippen molar-refractivity contribution in [2.45, 2.75) is 5.51 Å². The van der Waals surface area contributed by atoms with Gasteiger partial charge in [-0.3, -0.25) is 0 Å². The van der Waals surface area contributed by atoms with Crippen LogP contribution in [0.1, 0.15) is 0 Å². The first-order valence-corrected chi connectivity index (χ1v) is 13.0. The Labute approximate surface area is 134 Å². The van der Waals surface area contributed by atoms with E-state index in [1.807, 2.05) is 0 Å². The molecule has 0 unspecified atom stereocenters. The van der Waals surface area contributed by atoms with Gasteiger partial charge in [-0.1, -0.05) is 0 Å². The van der Waals surface area contributed by atoms with Crippen LogP contribution in [0.15, 0.2) is 60.7 Å². The van der Waals surface area contributed by atoms with Crippen LogP contribution in [0.5, 0.6) is 0 Å². The Morgan fingerprint density at radius 1 is 0.826 bits per heavy atom. The third-order valence-electron chi connectivity index (χ3n) is 2.87. The number of halogens is 4. The van der Waals surface area contributed by atoms with Gasteiger partial charge in [0.25, 0.3) is 0 Å². The minimum atomic E-state index is -5.98. The van der Waals surface area contributed by atoms with Crippen molar-refractivity contribution in [1.82, 2.24) is 0 Å². The molecule has 0 spiro atoms. The quantitative estimate of drug-likeness (QED) is 0.506. The van der Waals surface area contributed by atoms with Crippen LogP contribution >= 0.6 is 17.5 Å². The van der Waals surface area contributed by atoms with Crippen molar-refractivity contribution in [3.8, 4) is 0 Å². The van der Waals surface area contributed by atoms with Crippen molar-refractivity contribution in [3.05, 3.63) is 77.7 Å². The van der Waals surface area contributed by atoms with Gasteiger partial charge in [0.1, 0.15) is 0 Å². The van der Waals surface area contributed by atoms with E-state index in [0.717, 1.165) is 0 Å². The van der Waals surface area contributed by atoms with E-state index in [1.165, 1.54) is 48.5 Å². The summed E-state index contributed by atoms with van der Waals surface area (Å²) >= 11 is -5.81. The van der Waals surface area contributed by atoms with Crippen LogP contribution in [-0.2, 0) is 12.6 Å². The molecule has 3 nitrogen and oxygen atoms in total. The normalized spacial score (nSPS) is 14.9. The topological polar surface area (TPSA) is 43.4 Å². The SMILES string of the molecule is [CH]I([CH])(OS(=O)(=O)C(F)(F)F)(c1ccccc1)c1ccccc1. The minimum absolute atomic E-state index is 0.0250. The van der Waals surface area contributed by atoms with E-state index in [1.54, 1.807) is 12.1 Å². The fraction of sp³-hybridized carbons (Fsp3) is 0.0667. The van der Waals surface area contributed by atoms with E-state index in [4.69, 9.17) is 9.86 Å². The fourth-order valence-electron chi connectivity index (χ4n) is 1.76. The Bertz CT molecular complexity index is 744. The number of rotatable bonds is 4. The van der Waals surface area contributed by atoms with Crippen LogP contribution in [0.25, 0.3) is 0 Å². The Morgan fingerprint density at radius 3 is 1.48 bits per heavy atom. The molecule has 0 aliphatic heterocycles. The predicted octanol–water partition coefficient (Wildman–Crippen LogP) is 4.42. The van der Waals surface area contributed by atoms with Crippen molar-refractivity contribution in [2.75, 3.05) is 0 Å². The van der Waals surface area contributed by atoms with E-state index in [0.29, 0.717) is 0 Å². The van der Waals surface area contributed by atoms with E-state index < -0.39 is 33.1 Å². The molecular weight excluding hydrogens is 444 g/mol. The van der Waals surface area contributed by atoms with Gasteiger partial charge in [-0.05, 0) is 0 Å². The van der Waals surface area contributed by atoms with Gasteiger partial charge in [-0.15, -0.1) is 0 Å². The van der Waals surface area contributed by atoms with Gasteiger partial charge in [0.05, 0.1) is 0 Å². The molecule has 0 fully saturated rings. The molecule has 0 bridgehead atoms. The average molecular weight is 456 g/mol. The van der Waals surface area contributed by atoms with Gasteiger partial charge in [-0.2, -0.15) is 0 Å². The maximum absolute atomic E-state index is 12.8. The third-order valence-corrected chi connectivity index (χ3v) is 14.2. The molecule has 0 saturated heterocycles. The molecule has 2 aromatic carbocycles. The summed E-state index contributed by atoms with van der Waals surface area (Å²) in [5.74, 6) is 0. The van der Waals surface area contributed by atoms with Gasteiger partial charge in [-0.25, -0.2) is 0 Å².